The Hall–Kier alpha value is -1.55. The number of rotatable bonds is 4. The highest BCUT2D eigenvalue weighted by Gasteiger charge is 2.27. The molecule has 0 bridgehead atoms. The summed E-state index contributed by atoms with van der Waals surface area (Å²) in [6.45, 7) is 4.27. The highest BCUT2D eigenvalue weighted by Crippen LogP contribution is 2.20. The van der Waals surface area contributed by atoms with Crippen LogP contribution >= 0.6 is 0 Å². The highest BCUT2D eigenvalue weighted by molar-refractivity contribution is 5.82. The lowest BCUT2D eigenvalue weighted by Gasteiger charge is -2.33. The number of nitrogens with one attached hydrogen (secondary N) is 1. The third-order valence-electron chi connectivity index (χ3n) is 3.34. The second kappa shape index (κ2) is 5.87. The standard InChI is InChI=1S/C14H20N2O2/c1-3-12-14(17)16(9-8-15-12)10-11-6-4-5-7-13(11)18-2/h4-7,12,15H,3,8-10H2,1-2H3. The number of hydrogen-bond acceptors (Lipinski definition) is 3. The number of piperazine rings is 1. The predicted molar refractivity (Wildman–Crippen MR) is 70.5 cm³/mol. The number of amides is 1. The van der Waals surface area contributed by atoms with Crippen molar-refractivity contribution in [3.05, 3.63) is 29.8 Å². The third kappa shape index (κ3) is 2.64. The first-order valence-corrected chi connectivity index (χ1v) is 6.40. The SMILES string of the molecule is CCC1NCCN(Cc2ccccc2OC)C1=O. The van der Waals surface area contributed by atoms with E-state index >= 15 is 0 Å². The molecule has 0 spiro atoms. The number of para-hydroxylation sites is 1. The minimum absolute atomic E-state index is 0.0338. The van der Waals surface area contributed by atoms with E-state index in [2.05, 4.69) is 5.32 Å². The molecule has 1 aliphatic heterocycles. The molecule has 1 aliphatic rings. The highest BCUT2D eigenvalue weighted by atomic mass is 16.5. The minimum Gasteiger partial charge on any atom is -0.496 e. The van der Waals surface area contributed by atoms with Crippen molar-refractivity contribution in [3.8, 4) is 5.75 Å². The van der Waals surface area contributed by atoms with E-state index in [1.54, 1.807) is 7.11 Å². The van der Waals surface area contributed by atoms with Crippen LogP contribution in [0.15, 0.2) is 24.3 Å². The van der Waals surface area contributed by atoms with Gasteiger partial charge in [0.15, 0.2) is 0 Å². The summed E-state index contributed by atoms with van der Waals surface area (Å²) in [6.07, 6.45) is 0.835. The zero-order chi connectivity index (χ0) is 13.0. The van der Waals surface area contributed by atoms with Crippen molar-refractivity contribution in [2.45, 2.75) is 25.9 Å². The van der Waals surface area contributed by atoms with Gasteiger partial charge in [0.2, 0.25) is 5.91 Å². The average Bonchev–Trinajstić information content (AvgIpc) is 2.42. The monoisotopic (exact) mass is 248 g/mol. The van der Waals surface area contributed by atoms with Crippen LogP contribution in [0, 0.1) is 0 Å². The molecule has 0 aliphatic carbocycles. The van der Waals surface area contributed by atoms with Crippen molar-refractivity contribution in [3.63, 3.8) is 0 Å². The number of benzene rings is 1. The van der Waals surface area contributed by atoms with E-state index < -0.39 is 0 Å². The summed E-state index contributed by atoms with van der Waals surface area (Å²) in [5.74, 6) is 1.03. The lowest BCUT2D eigenvalue weighted by molar-refractivity contribution is -0.136. The van der Waals surface area contributed by atoms with Gasteiger partial charge in [-0.15, -0.1) is 0 Å². The van der Waals surface area contributed by atoms with Gasteiger partial charge in [0.05, 0.1) is 13.2 Å². The van der Waals surface area contributed by atoms with Crippen molar-refractivity contribution in [2.75, 3.05) is 20.2 Å². The molecule has 1 fully saturated rings. The molecule has 4 heteroatoms. The average molecular weight is 248 g/mol. The van der Waals surface area contributed by atoms with E-state index in [0.29, 0.717) is 6.54 Å². The Bertz CT molecular complexity index is 420. The second-order valence-electron chi connectivity index (χ2n) is 4.49. The van der Waals surface area contributed by atoms with Crippen LogP contribution in [0.25, 0.3) is 0 Å². The summed E-state index contributed by atoms with van der Waals surface area (Å²) in [7, 11) is 1.66. The van der Waals surface area contributed by atoms with E-state index in [0.717, 1.165) is 30.8 Å². The van der Waals surface area contributed by atoms with Crippen LogP contribution in [0.5, 0.6) is 5.75 Å². The van der Waals surface area contributed by atoms with Gasteiger partial charge in [-0.05, 0) is 12.5 Å². The maximum absolute atomic E-state index is 12.2. The maximum atomic E-state index is 12.2. The number of nitrogens with zero attached hydrogens (tertiary/aromatic N) is 1. The topological polar surface area (TPSA) is 41.6 Å². The van der Waals surface area contributed by atoms with E-state index in [4.69, 9.17) is 4.74 Å². The Morgan fingerprint density at radius 3 is 2.94 bits per heavy atom. The number of hydrogen-bond donors (Lipinski definition) is 1. The van der Waals surface area contributed by atoms with Gasteiger partial charge in [-0.3, -0.25) is 4.79 Å². The number of carbonyl (C=O) groups excluding carboxylic acids is 1. The molecule has 18 heavy (non-hydrogen) atoms. The third-order valence-corrected chi connectivity index (χ3v) is 3.34. The van der Waals surface area contributed by atoms with Crippen molar-refractivity contribution >= 4 is 5.91 Å². The summed E-state index contributed by atoms with van der Waals surface area (Å²) in [5.41, 5.74) is 1.06. The van der Waals surface area contributed by atoms with Crippen LogP contribution < -0.4 is 10.1 Å². The fourth-order valence-electron chi connectivity index (χ4n) is 2.31. The Morgan fingerprint density at radius 2 is 2.22 bits per heavy atom. The molecule has 1 atom stereocenters. The largest absolute Gasteiger partial charge is 0.496 e. The molecular weight excluding hydrogens is 228 g/mol. The van der Waals surface area contributed by atoms with Crippen molar-refractivity contribution in [1.29, 1.82) is 0 Å². The summed E-state index contributed by atoms with van der Waals surface area (Å²) in [4.78, 5) is 14.1. The summed E-state index contributed by atoms with van der Waals surface area (Å²) in [6, 6.07) is 7.82. The molecule has 1 N–H and O–H groups in total. The van der Waals surface area contributed by atoms with Gasteiger partial charge in [0.1, 0.15) is 5.75 Å². The van der Waals surface area contributed by atoms with E-state index in [1.165, 1.54) is 0 Å². The first-order chi connectivity index (χ1) is 8.76. The Balaban J connectivity index is 2.10. The van der Waals surface area contributed by atoms with Crippen LogP contribution in [0.2, 0.25) is 0 Å². The lowest BCUT2D eigenvalue weighted by Crippen LogP contribution is -2.54. The number of methoxy groups -OCH3 is 1. The number of ether oxygens (including phenoxy) is 1. The molecule has 1 heterocycles. The molecule has 4 nitrogen and oxygen atoms in total. The van der Waals surface area contributed by atoms with Crippen molar-refractivity contribution in [1.82, 2.24) is 10.2 Å². The normalized spacial score (nSPS) is 20.0. The summed E-state index contributed by atoms with van der Waals surface area (Å²) < 4.78 is 5.32. The quantitative estimate of drug-likeness (QED) is 0.876. The minimum atomic E-state index is -0.0338. The zero-order valence-electron chi connectivity index (χ0n) is 11.0. The smallest absolute Gasteiger partial charge is 0.240 e. The second-order valence-corrected chi connectivity index (χ2v) is 4.49. The molecule has 1 unspecified atom stereocenters. The van der Waals surface area contributed by atoms with Gasteiger partial charge in [-0.25, -0.2) is 0 Å². The maximum Gasteiger partial charge on any atom is 0.240 e. The van der Waals surface area contributed by atoms with Gasteiger partial charge >= 0.3 is 0 Å². The molecule has 0 radical (unpaired) electrons. The van der Waals surface area contributed by atoms with E-state index in [-0.39, 0.29) is 11.9 Å². The van der Waals surface area contributed by atoms with Gasteiger partial charge in [0, 0.05) is 25.2 Å². The van der Waals surface area contributed by atoms with Crippen LogP contribution in [0.1, 0.15) is 18.9 Å². The molecule has 1 amide bonds. The van der Waals surface area contributed by atoms with Crippen molar-refractivity contribution < 1.29 is 9.53 Å². The molecule has 1 aromatic carbocycles. The number of carbonyl (C=O) groups is 1. The Labute approximate surface area is 108 Å². The summed E-state index contributed by atoms with van der Waals surface area (Å²) in [5, 5.41) is 3.24. The van der Waals surface area contributed by atoms with E-state index in [1.807, 2.05) is 36.1 Å². The zero-order valence-corrected chi connectivity index (χ0v) is 11.0. The molecule has 0 aromatic heterocycles. The van der Waals surface area contributed by atoms with Crippen LogP contribution in [0.4, 0.5) is 0 Å². The predicted octanol–water partition coefficient (Wildman–Crippen LogP) is 1.41. The fraction of sp³-hybridized carbons (Fsp3) is 0.500. The molecule has 1 saturated heterocycles. The van der Waals surface area contributed by atoms with Crippen LogP contribution in [-0.2, 0) is 11.3 Å². The van der Waals surface area contributed by atoms with Gasteiger partial charge in [-0.2, -0.15) is 0 Å². The van der Waals surface area contributed by atoms with E-state index in [9.17, 15) is 4.79 Å². The lowest BCUT2D eigenvalue weighted by atomic mass is 10.1. The van der Waals surface area contributed by atoms with Crippen molar-refractivity contribution in [2.24, 2.45) is 0 Å². The van der Waals surface area contributed by atoms with Gasteiger partial charge < -0.3 is 15.0 Å². The van der Waals surface area contributed by atoms with Gasteiger partial charge in [0.25, 0.3) is 0 Å². The van der Waals surface area contributed by atoms with Crippen LogP contribution in [-0.4, -0.2) is 37.0 Å². The summed E-state index contributed by atoms with van der Waals surface area (Å²) >= 11 is 0. The molecule has 2 rings (SSSR count). The molecular formula is C14H20N2O2. The Kier molecular flexibility index (Phi) is 4.20. The molecule has 0 saturated carbocycles. The first kappa shape index (κ1) is 12.9. The van der Waals surface area contributed by atoms with Gasteiger partial charge in [-0.1, -0.05) is 25.1 Å². The Morgan fingerprint density at radius 1 is 1.44 bits per heavy atom. The van der Waals surface area contributed by atoms with Crippen LogP contribution in [0.3, 0.4) is 0 Å². The molecule has 1 aromatic rings. The first-order valence-electron chi connectivity index (χ1n) is 6.40. The fourth-order valence-corrected chi connectivity index (χ4v) is 2.31. The molecule has 98 valence electrons.